The van der Waals surface area contributed by atoms with Crippen molar-refractivity contribution >= 4 is 12.2 Å². The van der Waals surface area contributed by atoms with E-state index in [0.717, 1.165) is 11.1 Å². The Kier molecular flexibility index (Phi) is 3.11. The van der Waals surface area contributed by atoms with Crippen LogP contribution in [-0.4, -0.2) is 14.8 Å². The molecule has 0 unspecified atom stereocenters. The second-order valence-electron chi connectivity index (χ2n) is 5.38. The first-order valence-electron chi connectivity index (χ1n) is 5.74. The van der Waals surface area contributed by atoms with E-state index in [1.807, 2.05) is 38.3 Å². The molecule has 0 aliphatic rings. The van der Waals surface area contributed by atoms with Gasteiger partial charge in [0.1, 0.15) is 5.82 Å². The molecular formula is C13H16FN3S. The number of nitrogens with zero attached hydrogens (tertiary/aromatic N) is 2. The molecule has 1 aromatic carbocycles. The van der Waals surface area contributed by atoms with Crippen molar-refractivity contribution in [3.63, 3.8) is 0 Å². The molecule has 1 aromatic heterocycles. The molecule has 0 bridgehead atoms. The molecule has 1 N–H and O–H groups in total. The van der Waals surface area contributed by atoms with E-state index in [0.29, 0.717) is 10.6 Å². The Hall–Kier alpha value is -1.49. The summed E-state index contributed by atoms with van der Waals surface area (Å²) in [5, 5.41) is 6.99. The van der Waals surface area contributed by atoms with E-state index in [9.17, 15) is 4.39 Å². The third-order valence-electron chi connectivity index (χ3n) is 2.64. The first kappa shape index (κ1) is 13.0. The van der Waals surface area contributed by atoms with Gasteiger partial charge in [0.05, 0.1) is 0 Å². The molecule has 0 spiro atoms. The van der Waals surface area contributed by atoms with Gasteiger partial charge in [0.2, 0.25) is 0 Å². The predicted octanol–water partition coefficient (Wildman–Crippen LogP) is 3.81. The van der Waals surface area contributed by atoms with Crippen molar-refractivity contribution < 1.29 is 4.39 Å². The Morgan fingerprint density at radius 3 is 2.50 bits per heavy atom. The van der Waals surface area contributed by atoms with Gasteiger partial charge >= 0.3 is 0 Å². The van der Waals surface area contributed by atoms with Crippen LogP contribution in [0.3, 0.4) is 0 Å². The Balaban J connectivity index is 2.69. The number of hydrogen-bond acceptors (Lipinski definition) is 2. The number of hydrogen-bond donors (Lipinski definition) is 1. The Labute approximate surface area is 111 Å². The minimum atomic E-state index is -0.264. The van der Waals surface area contributed by atoms with Crippen LogP contribution in [0.2, 0.25) is 0 Å². The lowest BCUT2D eigenvalue weighted by Crippen LogP contribution is -2.23. The summed E-state index contributed by atoms with van der Waals surface area (Å²) in [5.41, 5.74) is 1.38. The average Bonchev–Trinajstić information content (AvgIpc) is 2.57. The van der Waals surface area contributed by atoms with Gasteiger partial charge in [-0.05, 0) is 63.7 Å². The zero-order valence-corrected chi connectivity index (χ0v) is 11.7. The molecule has 0 amide bonds. The number of aryl methyl sites for hydroxylation is 1. The zero-order chi connectivity index (χ0) is 13.5. The van der Waals surface area contributed by atoms with Gasteiger partial charge in [0, 0.05) is 11.1 Å². The highest BCUT2D eigenvalue weighted by atomic mass is 32.1. The topological polar surface area (TPSA) is 33.6 Å². The highest BCUT2D eigenvalue weighted by Gasteiger charge is 2.20. The average molecular weight is 265 g/mol. The molecule has 0 radical (unpaired) electrons. The summed E-state index contributed by atoms with van der Waals surface area (Å²) in [6.07, 6.45) is 0. The van der Waals surface area contributed by atoms with Crippen molar-refractivity contribution in [2.45, 2.75) is 33.2 Å². The third kappa shape index (κ3) is 2.36. The van der Waals surface area contributed by atoms with E-state index < -0.39 is 0 Å². The van der Waals surface area contributed by atoms with E-state index >= 15 is 0 Å². The molecule has 1 heterocycles. The van der Waals surface area contributed by atoms with Gasteiger partial charge in [0.25, 0.3) is 0 Å². The van der Waals surface area contributed by atoms with Crippen molar-refractivity contribution in [3.05, 3.63) is 34.4 Å². The molecule has 0 aliphatic carbocycles. The lowest BCUT2D eigenvalue weighted by Gasteiger charge is -2.22. The maximum absolute atomic E-state index is 13.5. The maximum Gasteiger partial charge on any atom is 0.195 e. The summed E-state index contributed by atoms with van der Waals surface area (Å²) >= 11 is 5.24. The standard InChI is InChI=1S/C13H16FN3S/c1-8-5-9(7-10(14)6-8)11-15-16-12(18)17(11)13(2,3)4/h5-7H,1-4H3,(H,16,18). The van der Waals surface area contributed by atoms with Crippen LogP contribution >= 0.6 is 12.2 Å². The summed E-state index contributed by atoms with van der Waals surface area (Å²) < 4.78 is 15.9. The second kappa shape index (κ2) is 4.31. The van der Waals surface area contributed by atoms with E-state index in [-0.39, 0.29) is 11.4 Å². The van der Waals surface area contributed by atoms with Crippen molar-refractivity contribution in [1.82, 2.24) is 14.8 Å². The van der Waals surface area contributed by atoms with Crippen LogP contribution in [0.4, 0.5) is 4.39 Å². The zero-order valence-electron chi connectivity index (χ0n) is 10.9. The van der Waals surface area contributed by atoms with Crippen LogP contribution in [0.5, 0.6) is 0 Å². The van der Waals surface area contributed by atoms with E-state index in [2.05, 4.69) is 10.2 Å². The van der Waals surface area contributed by atoms with Crippen LogP contribution < -0.4 is 0 Å². The molecule has 2 aromatic rings. The summed E-state index contributed by atoms with van der Waals surface area (Å²) in [4.78, 5) is 0. The third-order valence-corrected chi connectivity index (χ3v) is 2.92. The number of rotatable bonds is 1. The van der Waals surface area contributed by atoms with Crippen molar-refractivity contribution in [2.75, 3.05) is 0 Å². The first-order valence-corrected chi connectivity index (χ1v) is 6.15. The minimum Gasteiger partial charge on any atom is -0.295 e. The molecular weight excluding hydrogens is 249 g/mol. The van der Waals surface area contributed by atoms with Gasteiger partial charge in [-0.3, -0.25) is 9.67 Å². The Bertz CT molecular complexity index is 614. The van der Waals surface area contributed by atoms with E-state index in [1.165, 1.54) is 12.1 Å². The van der Waals surface area contributed by atoms with Gasteiger partial charge in [-0.1, -0.05) is 0 Å². The number of aromatic nitrogens is 3. The molecule has 0 aliphatic heterocycles. The van der Waals surface area contributed by atoms with Crippen LogP contribution in [0.1, 0.15) is 26.3 Å². The predicted molar refractivity (Wildman–Crippen MR) is 72.5 cm³/mol. The fourth-order valence-electron chi connectivity index (χ4n) is 1.98. The lowest BCUT2D eigenvalue weighted by molar-refractivity contribution is 0.395. The minimum absolute atomic E-state index is 0.209. The van der Waals surface area contributed by atoms with Crippen LogP contribution in [0.15, 0.2) is 18.2 Å². The molecule has 3 nitrogen and oxygen atoms in total. The number of H-pyrrole nitrogens is 1. The second-order valence-corrected chi connectivity index (χ2v) is 5.76. The first-order chi connectivity index (χ1) is 8.29. The van der Waals surface area contributed by atoms with Crippen LogP contribution in [0, 0.1) is 17.5 Å². The normalized spacial score (nSPS) is 11.8. The number of halogens is 1. The van der Waals surface area contributed by atoms with Crippen LogP contribution in [0.25, 0.3) is 11.4 Å². The highest BCUT2D eigenvalue weighted by Crippen LogP contribution is 2.25. The van der Waals surface area contributed by atoms with Crippen molar-refractivity contribution in [2.24, 2.45) is 0 Å². The molecule has 0 atom stereocenters. The fourth-order valence-corrected chi connectivity index (χ4v) is 2.38. The molecule has 2 rings (SSSR count). The van der Waals surface area contributed by atoms with Gasteiger partial charge in [-0.2, -0.15) is 5.10 Å². The SMILES string of the molecule is Cc1cc(F)cc(-c2n[nH]c(=S)n2C(C)(C)C)c1. The molecule has 0 saturated heterocycles. The van der Waals surface area contributed by atoms with Crippen molar-refractivity contribution in [1.29, 1.82) is 0 Å². The molecule has 5 heteroatoms. The van der Waals surface area contributed by atoms with Gasteiger partial charge in [-0.25, -0.2) is 4.39 Å². The Morgan fingerprint density at radius 1 is 1.28 bits per heavy atom. The quantitative estimate of drug-likeness (QED) is 0.795. The summed E-state index contributed by atoms with van der Waals surface area (Å²) in [7, 11) is 0. The smallest absolute Gasteiger partial charge is 0.195 e. The van der Waals surface area contributed by atoms with E-state index in [1.54, 1.807) is 0 Å². The largest absolute Gasteiger partial charge is 0.295 e. The number of aromatic amines is 1. The summed E-state index contributed by atoms with van der Waals surface area (Å²) in [5.74, 6) is 0.398. The fraction of sp³-hybridized carbons (Fsp3) is 0.385. The summed E-state index contributed by atoms with van der Waals surface area (Å²) in [6, 6.07) is 4.86. The molecule has 18 heavy (non-hydrogen) atoms. The van der Waals surface area contributed by atoms with E-state index in [4.69, 9.17) is 12.2 Å². The van der Waals surface area contributed by atoms with Gasteiger partial charge in [0.15, 0.2) is 10.6 Å². The highest BCUT2D eigenvalue weighted by molar-refractivity contribution is 7.71. The number of benzene rings is 1. The molecule has 0 saturated carbocycles. The monoisotopic (exact) mass is 265 g/mol. The maximum atomic E-state index is 13.5. The molecule has 0 fully saturated rings. The van der Waals surface area contributed by atoms with Gasteiger partial charge in [-0.15, -0.1) is 0 Å². The van der Waals surface area contributed by atoms with Crippen LogP contribution in [-0.2, 0) is 5.54 Å². The van der Waals surface area contributed by atoms with Gasteiger partial charge < -0.3 is 0 Å². The molecule has 96 valence electrons. The lowest BCUT2D eigenvalue weighted by atomic mass is 10.1. The van der Waals surface area contributed by atoms with Crippen molar-refractivity contribution in [3.8, 4) is 11.4 Å². The summed E-state index contributed by atoms with van der Waals surface area (Å²) in [6.45, 7) is 7.96. The number of nitrogens with one attached hydrogen (secondary N) is 1. The Morgan fingerprint density at radius 2 is 1.94 bits per heavy atom.